The van der Waals surface area contributed by atoms with Gasteiger partial charge in [0, 0.05) is 67.1 Å². The minimum Gasteiger partial charge on any atom is -0.368 e. The van der Waals surface area contributed by atoms with Crippen LogP contribution in [0.1, 0.15) is 56.7 Å². The molecule has 1 amide bonds. The number of amides is 1. The fraction of sp³-hybridized carbons (Fsp3) is 0.469. The van der Waals surface area contributed by atoms with Gasteiger partial charge < -0.3 is 9.80 Å². The molecular formula is C32H37N5O. The summed E-state index contributed by atoms with van der Waals surface area (Å²) in [4.78, 5) is 25.0. The average molecular weight is 508 g/mol. The highest BCUT2D eigenvalue weighted by molar-refractivity contribution is 5.98. The first-order valence-electron chi connectivity index (χ1n) is 14.2. The van der Waals surface area contributed by atoms with Gasteiger partial charge in [-0.3, -0.25) is 14.7 Å². The molecule has 3 aromatic rings. The van der Waals surface area contributed by atoms with Crippen molar-refractivity contribution in [3.8, 4) is 6.07 Å². The largest absolute Gasteiger partial charge is 0.368 e. The second-order valence-electron chi connectivity index (χ2n) is 11.4. The van der Waals surface area contributed by atoms with Crippen molar-refractivity contribution < 1.29 is 4.79 Å². The Kier molecular flexibility index (Phi) is 6.57. The van der Waals surface area contributed by atoms with E-state index < -0.39 is 0 Å². The fourth-order valence-corrected chi connectivity index (χ4v) is 7.24. The molecule has 4 heterocycles. The Morgan fingerprint density at radius 2 is 1.95 bits per heavy atom. The van der Waals surface area contributed by atoms with Crippen LogP contribution in [0, 0.1) is 23.2 Å². The van der Waals surface area contributed by atoms with Gasteiger partial charge in [-0.15, -0.1) is 0 Å². The van der Waals surface area contributed by atoms with E-state index in [0.717, 1.165) is 74.1 Å². The SMILES string of the molecule is CCCC1CN(c2ccc3c(c2)CC2CN(c4ccc(C#N)c5ncccc45)CC(C)N2C3)C(=O)C1CC. The number of nitriles is 1. The molecule has 0 spiro atoms. The summed E-state index contributed by atoms with van der Waals surface area (Å²) in [5.74, 6) is 0.932. The number of benzene rings is 2. The Hall–Kier alpha value is -3.43. The summed E-state index contributed by atoms with van der Waals surface area (Å²) in [5.41, 5.74) is 6.41. The molecule has 2 fully saturated rings. The smallest absolute Gasteiger partial charge is 0.230 e. The molecule has 6 rings (SSSR count). The Balaban J connectivity index is 1.27. The summed E-state index contributed by atoms with van der Waals surface area (Å²) >= 11 is 0. The molecule has 3 aliphatic heterocycles. The molecule has 0 bridgehead atoms. The summed E-state index contributed by atoms with van der Waals surface area (Å²) in [7, 11) is 0. The number of carbonyl (C=O) groups is 1. The van der Waals surface area contributed by atoms with Gasteiger partial charge >= 0.3 is 0 Å². The zero-order chi connectivity index (χ0) is 26.4. The normalized spacial score (nSPS) is 25.4. The number of pyridine rings is 1. The van der Waals surface area contributed by atoms with Crippen molar-refractivity contribution in [2.75, 3.05) is 29.4 Å². The maximum Gasteiger partial charge on any atom is 0.230 e. The highest BCUT2D eigenvalue weighted by Crippen LogP contribution is 2.38. The van der Waals surface area contributed by atoms with E-state index >= 15 is 0 Å². The highest BCUT2D eigenvalue weighted by atomic mass is 16.2. The van der Waals surface area contributed by atoms with Gasteiger partial charge in [0.1, 0.15) is 6.07 Å². The van der Waals surface area contributed by atoms with Crippen molar-refractivity contribution >= 4 is 28.2 Å². The van der Waals surface area contributed by atoms with Crippen LogP contribution in [0.25, 0.3) is 10.9 Å². The molecule has 3 aliphatic rings. The Bertz CT molecular complexity index is 1410. The number of hydrogen-bond acceptors (Lipinski definition) is 5. The molecular weight excluding hydrogens is 470 g/mol. The van der Waals surface area contributed by atoms with Crippen LogP contribution in [-0.4, -0.2) is 47.5 Å². The van der Waals surface area contributed by atoms with Crippen molar-refractivity contribution in [2.24, 2.45) is 11.8 Å². The summed E-state index contributed by atoms with van der Waals surface area (Å²) in [6.45, 7) is 10.4. The van der Waals surface area contributed by atoms with Gasteiger partial charge in [0.15, 0.2) is 0 Å². The van der Waals surface area contributed by atoms with Gasteiger partial charge in [-0.1, -0.05) is 26.3 Å². The molecule has 38 heavy (non-hydrogen) atoms. The second kappa shape index (κ2) is 10.0. The summed E-state index contributed by atoms with van der Waals surface area (Å²) in [6.07, 6.45) is 5.92. The van der Waals surface area contributed by atoms with E-state index in [1.807, 2.05) is 12.1 Å². The molecule has 2 saturated heterocycles. The lowest BCUT2D eigenvalue weighted by Gasteiger charge is -2.49. The van der Waals surface area contributed by atoms with E-state index in [4.69, 9.17) is 0 Å². The highest BCUT2D eigenvalue weighted by Gasteiger charge is 2.40. The first kappa shape index (κ1) is 24.9. The molecule has 0 radical (unpaired) electrons. The molecule has 0 saturated carbocycles. The van der Waals surface area contributed by atoms with Crippen LogP contribution in [0.4, 0.5) is 11.4 Å². The van der Waals surface area contributed by atoms with E-state index in [1.165, 1.54) is 11.1 Å². The first-order valence-corrected chi connectivity index (χ1v) is 14.2. The number of piperazine rings is 1. The van der Waals surface area contributed by atoms with Crippen LogP contribution < -0.4 is 9.80 Å². The molecule has 0 aliphatic carbocycles. The van der Waals surface area contributed by atoms with E-state index in [1.54, 1.807) is 6.20 Å². The van der Waals surface area contributed by atoms with Crippen molar-refractivity contribution in [1.29, 1.82) is 5.26 Å². The van der Waals surface area contributed by atoms with E-state index in [2.05, 4.69) is 76.9 Å². The van der Waals surface area contributed by atoms with Gasteiger partial charge in [-0.2, -0.15) is 5.26 Å². The number of nitrogens with zero attached hydrogens (tertiary/aromatic N) is 5. The molecule has 196 valence electrons. The third kappa shape index (κ3) is 4.14. The molecule has 6 heteroatoms. The second-order valence-corrected chi connectivity index (χ2v) is 11.4. The third-order valence-electron chi connectivity index (χ3n) is 9.14. The fourth-order valence-electron chi connectivity index (χ4n) is 7.24. The molecule has 0 N–H and O–H groups in total. The maximum atomic E-state index is 13.3. The van der Waals surface area contributed by atoms with Gasteiger partial charge in [0.05, 0.1) is 11.1 Å². The van der Waals surface area contributed by atoms with Crippen molar-refractivity contribution in [2.45, 2.75) is 65.1 Å². The summed E-state index contributed by atoms with van der Waals surface area (Å²) < 4.78 is 0. The minimum absolute atomic E-state index is 0.158. The van der Waals surface area contributed by atoms with Crippen LogP contribution in [0.5, 0.6) is 0 Å². The minimum atomic E-state index is 0.158. The molecule has 4 atom stereocenters. The van der Waals surface area contributed by atoms with Crippen molar-refractivity contribution in [3.63, 3.8) is 0 Å². The van der Waals surface area contributed by atoms with Crippen molar-refractivity contribution in [1.82, 2.24) is 9.88 Å². The van der Waals surface area contributed by atoms with Crippen LogP contribution in [0.3, 0.4) is 0 Å². The summed E-state index contributed by atoms with van der Waals surface area (Å²) in [5, 5.41) is 10.6. The molecule has 2 aromatic carbocycles. The lowest BCUT2D eigenvalue weighted by Crippen LogP contribution is -2.59. The summed E-state index contributed by atoms with van der Waals surface area (Å²) in [6, 6.07) is 17.9. The number of fused-ring (bicyclic) bond motifs is 3. The lowest BCUT2D eigenvalue weighted by atomic mass is 9.89. The van der Waals surface area contributed by atoms with Crippen LogP contribution in [0.15, 0.2) is 48.7 Å². The number of hydrogen-bond donors (Lipinski definition) is 0. The predicted molar refractivity (Wildman–Crippen MR) is 152 cm³/mol. The Morgan fingerprint density at radius 1 is 1.08 bits per heavy atom. The molecule has 1 aromatic heterocycles. The Morgan fingerprint density at radius 3 is 2.74 bits per heavy atom. The van der Waals surface area contributed by atoms with Crippen molar-refractivity contribution in [3.05, 3.63) is 65.4 Å². The van der Waals surface area contributed by atoms with E-state index in [-0.39, 0.29) is 5.92 Å². The number of carbonyl (C=O) groups excluding carboxylic acids is 1. The van der Waals surface area contributed by atoms with Gasteiger partial charge in [0.25, 0.3) is 0 Å². The topological polar surface area (TPSA) is 63.5 Å². The number of anilines is 2. The third-order valence-corrected chi connectivity index (χ3v) is 9.14. The van der Waals surface area contributed by atoms with E-state index in [9.17, 15) is 10.1 Å². The molecule has 6 nitrogen and oxygen atoms in total. The average Bonchev–Trinajstić information content (AvgIpc) is 3.25. The quantitative estimate of drug-likeness (QED) is 0.454. The van der Waals surface area contributed by atoms with Crippen LogP contribution >= 0.6 is 0 Å². The Labute approximate surface area is 225 Å². The first-order chi connectivity index (χ1) is 18.5. The number of rotatable bonds is 5. The predicted octanol–water partition coefficient (Wildman–Crippen LogP) is 5.53. The maximum absolute atomic E-state index is 13.3. The van der Waals surface area contributed by atoms with E-state index in [0.29, 0.717) is 29.5 Å². The lowest BCUT2D eigenvalue weighted by molar-refractivity contribution is -0.121. The number of aromatic nitrogens is 1. The van der Waals surface area contributed by atoms with Gasteiger partial charge in [-0.25, -0.2) is 0 Å². The van der Waals surface area contributed by atoms with Gasteiger partial charge in [0.2, 0.25) is 5.91 Å². The molecule has 4 unspecified atom stereocenters. The zero-order valence-electron chi connectivity index (χ0n) is 22.7. The zero-order valence-corrected chi connectivity index (χ0v) is 22.7. The van der Waals surface area contributed by atoms with Gasteiger partial charge in [-0.05, 0) is 79.6 Å². The standard InChI is InChI=1S/C32H37N5O/c1-4-7-24-19-37(32(38)28(24)5-2)26-11-9-23-18-36-21(3)17-35(20-27(36)15-25(23)14-26)30-12-10-22(16-33)31-29(30)8-6-13-34-31/h6,8-14,21,24,27-28H,4-5,7,15,17-20H2,1-3H3. The van der Waals surface area contributed by atoms with Crippen LogP contribution in [0.2, 0.25) is 0 Å². The monoisotopic (exact) mass is 507 g/mol. The van der Waals surface area contributed by atoms with Crippen LogP contribution in [-0.2, 0) is 17.8 Å².